The van der Waals surface area contributed by atoms with Gasteiger partial charge < -0.3 is 18.0 Å². The second kappa shape index (κ2) is 12.6. The lowest BCUT2D eigenvalue weighted by Gasteiger charge is -2.08. The molecule has 0 aliphatic carbocycles. The van der Waals surface area contributed by atoms with E-state index in [1.165, 1.54) is 43.6 Å². The largest absolute Gasteiger partial charge is 0.454 e. The van der Waals surface area contributed by atoms with Crippen LogP contribution in [0.25, 0.3) is 110 Å². The van der Waals surface area contributed by atoms with Crippen molar-refractivity contribution in [2.24, 2.45) is 0 Å². The van der Waals surface area contributed by atoms with Gasteiger partial charge in [0.05, 0.1) is 33.4 Å². The Morgan fingerprint density at radius 1 is 0.339 bits per heavy atom. The van der Waals surface area contributed by atoms with Gasteiger partial charge in [-0.05, 0) is 85.6 Å². The summed E-state index contributed by atoms with van der Waals surface area (Å²) < 4.78 is 18.0. The molecule has 266 valence electrons. The molecule has 12 aromatic rings. The van der Waals surface area contributed by atoms with Crippen LogP contribution < -0.4 is 0 Å². The first-order valence-corrected chi connectivity index (χ1v) is 19.2. The second-order valence-electron chi connectivity index (χ2n) is 14.3. The van der Waals surface area contributed by atoms with Crippen LogP contribution in [0.2, 0.25) is 0 Å². The van der Waals surface area contributed by atoms with Gasteiger partial charge in [0.15, 0.2) is 11.2 Å². The third kappa shape index (κ3) is 4.72. The summed E-state index contributed by atoms with van der Waals surface area (Å²) in [4.78, 5) is 0. The molecule has 12 rings (SSSR count). The first-order chi connectivity index (χ1) is 27.7. The monoisotopic (exact) mass is 720 g/mol. The molecule has 0 amide bonds. The van der Waals surface area contributed by atoms with Crippen molar-refractivity contribution in [3.63, 3.8) is 0 Å². The Bertz CT molecular complexity index is 3170. The SMILES string of the molecule is C/C=C\C.c1cc(-n2c3ccccc3c3ccccc32)c2oc3ccc(-c4ccc5oc6c(-n7c8ccccc8c8ccccc87)cccc6c5c4)cc3c2c1. The Morgan fingerprint density at radius 2 is 0.679 bits per heavy atom. The second-order valence-corrected chi connectivity index (χ2v) is 14.3. The van der Waals surface area contributed by atoms with Gasteiger partial charge in [-0.15, -0.1) is 0 Å². The summed E-state index contributed by atoms with van der Waals surface area (Å²) in [6.45, 7) is 4.00. The van der Waals surface area contributed by atoms with Crippen molar-refractivity contribution in [2.45, 2.75) is 13.8 Å². The molecule has 4 nitrogen and oxygen atoms in total. The van der Waals surface area contributed by atoms with E-state index in [9.17, 15) is 0 Å². The van der Waals surface area contributed by atoms with Crippen molar-refractivity contribution < 1.29 is 8.83 Å². The first kappa shape index (κ1) is 32.2. The summed E-state index contributed by atoms with van der Waals surface area (Å²) >= 11 is 0. The first-order valence-electron chi connectivity index (χ1n) is 19.2. The van der Waals surface area contributed by atoms with E-state index in [1.54, 1.807) is 0 Å². The molecule has 0 radical (unpaired) electrons. The van der Waals surface area contributed by atoms with E-state index in [0.717, 1.165) is 66.4 Å². The summed E-state index contributed by atoms with van der Waals surface area (Å²) in [6, 6.07) is 60.4. The Balaban J connectivity index is 0.000000869. The Morgan fingerprint density at radius 3 is 1.04 bits per heavy atom. The van der Waals surface area contributed by atoms with Gasteiger partial charge in [0, 0.05) is 43.1 Å². The number of fused-ring (bicyclic) bond motifs is 12. The average Bonchev–Trinajstić information content (AvgIpc) is 4.01. The molecule has 0 fully saturated rings. The molecule has 4 heteroatoms. The van der Waals surface area contributed by atoms with Crippen LogP contribution in [0.5, 0.6) is 0 Å². The van der Waals surface area contributed by atoms with Crippen molar-refractivity contribution in [1.82, 2.24) is 9.13 Å². The minimum Gasteiger partial charge on any atom is -0.454 e. The molecule has 0 bridgehead atoms. The molecule has 0 N–H and O–H groups in total. The Labute approximate surface area is 322 Å². The summed E-state index contributed by atoms with van der Waals surface area (Å²) in [5.74, 6) is 0. The highest BCUT2D eigenvalue weighted by molar-refractivity contribution is 6.15. The molecular formula is C52H36N2O2. The smallest absolute Gasteiger partial charge is 0.159 e. The zero-order valence-electron chi connectivity index (χ0n) is 31.0. The summed E-state index contributed by atoms with van der Waals surface area (Å²) in [5, 5.41) is 9.33. The number of hydrogen-bond acceptors (Lipinski definition) is 2. The number of allylic oxidation sites excluding steroid dienone is 2. The van der Waals surface area contributed by atoms with E-state index in [0.29, 0.717) is 0 Å². The molecule has 0 saturated heterocycles. The van der Waals surface area contributed by atoms with Gasteiger partial charge in [0.25, 0.3) is 0 Å². The van der Waals surface area contributed by atoms with Crippen LogP contribution in [0.3, 0.4) is 0 Å². The minimum atomic E-state index is 0.873. The zero-order chi connectivity index (χ0) is 37.3. The predicted octanol–water partition coefficient (Wildman–Crippen LogP) is 14.9. The quantitative estimate of drug-likeness (QED) is 0.170. The van der Waals surface area contributed by atoms with E-state index in [4.69, 9.17) is 8.83 Å². The lowest BCUT2D eigenvalue weighted by molar-refractivity contribution is 0.666. The molecule has 56 heavy (non-hydrogen) atoms. The third-order valence-corrected chi connectivity index (χ3v) is 11.3. The molecule has 0 aliphatic heterocycles. The van der Waals surface area contributed by atoms with Crippen molar-refractivity contribution in [2.75, 3.05) is 0 Å². The predicted molar refractivity (Wildman–Crippen MR) is 236 cm³/mol. The van der Waals surface area contributed by atoms with E-state index < -0.39 is 0 Å². The topological polar surface area (TPSA) is 36.1 Å². The molecule has 0 atom stereocenters. The van der Waals surface area contributed by atoms with Crippen LogP contribution >= 0.6 is 0 Å². The molecule has 4 aromatic heterocycles. The van der Waals surface area contributed by atoms with E-state index in [1.807, 2.05) is 26.0 Å². The summed E-state index contributed by atoms with van der Waals surface area (Å²) in [7, 11) is 0. The van der Waals surface area contributed by atoms with Crippen LogP contribution in [0, 0.1) is 0 Å². The fourth-order valence-electron chi connectivity index (χ4n) is 8.64. The van der Waals surface area contributed by atoms with Crippen molar-refractivity contribution in [1.29, 1.82) is 0 Å². The standard InChI is InChI=1S/C48H28N2O2.C4H8/c1-5-17-39-31(11-1)32-12-2-6-18-40(32)49(39)43-21-9-15-35-37-27-29(23-25-45(37)51-47(35)43)30-24-26-46-38(28-30)36-16-10-22-44(48(36)52-46)50-41-19-7-3-13-33(41)34-14-4-8-20-42(34)50;1-3-4-2/h1-28H;3-4H,1-2H3/b;4-3-. The highest BCUT2D eigenvalue weighted by atomic mass is 16.3. The van der Waals surface area contributed by atoms with Crippen LogP contribution in [-0.4, -0.2) is 9.13 Å². The highest BCUT2D eigenvalue weighted by Crippen LogP contribution is 2.41. The third-order valence-electron chi connectivity index (χ3n) is 11.3. The van der Waals surface area contributed by atoms with Gasteiger partial charge >= 0.3 is 0 Å². The van der Waals surface area contributed by atoms with Crippen LogP contribution in [0.1, 0.15) is 13.8 Å². The van der Waals surface area contributed by atoms with E-state index in [-0.39, 0.29) is 0 Å². The van der Waals surface area contributed by atoms with Crippen LogP contribution in [0.4, 0.5) is 0 Å². The molecule has 0 saturated carbocycles. The molecule has 4 heterocycles. The number of rotatable bonds is 3. The maximum Gasteiger partial charge on any atom is 0.159 e. The van der Waals surface area contributed by atoms with Gasteiger partial charge in [-0.3, -0.25) is 0 Å². The average molecular weight is 721 g/mol. The zero-order valence-corrected chi connectivity index (χ0v) is 31.0. The minimum absolute atomic E-state index is 0.873. The van der Waals surface area contributed by atoms with Gasteiger partial charge in [-0.1, -0.05) is 121 Å². The van der Waals surface area contributed by atoms with Crippen LogP contribution in [-0.2, 0) is 0 Å². The van der Waals surface area contributed by atoms with Crippen molar-refractivity contribution in [3.05, 3.63) is 182 Å². The molecular weight excluding hydrogens is 685 g/mol. The fourth-order valence-corrected chi connectivity index (χ4v) is 8.64. The number of para-hydroxylation sites is 6. The van der Waals surface area contributed by atoms with Crippen molar-refractivity contribution >= 4 is 87.5 Å². The van der Waals surface area contributed by atoms with E-state index >= 15 is 0 Å². The lowest BCUT2D eigenvalue weighted by Crippen LogP contribution is -1.93. The van der Waals surface area contributed by atoms with Gasteiger partial charge in [-0.2, -0.15) is 0 Å². The maximum atomic E-state index is 6.68. The van der Waals surface area contributed by atoms with Crippen LogP contribution in [0.15, 0.2) is 191 Å². The number of furan rings is 2. The summed E-state index contributed by atoms with van der Waals surface area (Å²) in [6.07, 6.45) is 4.00. The number of benzene rings is 8. The molecule has 0 unspecified atom stereocenters. The Kier molecular flexibility index (Phi) is 7.26. The van der Waals surface area contributed by atoms with Crippen molar-refractivity contribution in [3.8, 4) is 22.5 Å². The molecule has 0 aliphatic rings. The summed E-state index contributed by atoms with van der Waals surface area (Å²) in [5.41, 5.74) is 12.5. The normalized spacial score (nSPS) is 12.0. The number of hydrogen-bond donors (Lipinski definition) is 0. The maximum absolute atomic E-state index is 6.68. The van der Waals surface area contributed by atoms with E-state index in [2.05, 4.69) is 179 Å². The highest BCUT2D eigenvalue weighted by Gasteiger charge is 2.20. The van der Waals surface area contributed by atoms with Gasteiger partial charge in [0.1, 0.15) is 11.2 Å². The number of aromatic nitrogens is 2. The lowest BCUT2D eigenvalue weighted by atomic mass is 10.0. The molecule has 0 spiro atoms. The van der Waals surface area contributed by atoms with Gasteiger partial charge in [-0.25, -0.2) is 0 Å². The molecule has 8 aromatic carbocycles. The fraction of sp³-hybridized carbons (Fsp3) is 0.0385. The van der Waals surface area contributed by atoms with Gasteiger partial charge in [0.2, 0.25) is 0 Å². The number of nitrogens with zero attached hydrogens (tertiary/aromatic N) is 2. The Hall–Kier alpha value is -7.30.